The summed E-state index contributed by atoms with van der Waals surface area (Å²) in [6, 6.07) is 14.5. The van der Waals surface area contributed by atoms with Gasteiger partial charge in [-0.25, -0.2) is 14.6 Å². The second-order valence-corrected chi connectivity index (χ2v) is 7.99. The van der Waals surface area contributed by atoms with Gasteiger partial charge in [-0.05, 0) is 60.2 Å². The second-order valence-electron chi connectivity index (χ2n) is 7.56. The highest BCUT2D eigenvalue weighted by molar-refractivity contribution is 6.30. The summed E-state index contributed by atoms with van der Waals surface area (Å²) >= 11 is 5.91. The number of hydrogen-bond donors (Lipinski definition) is 0. The first-order valence-electron chi connectivity index (χ1n) is 10.9. The van der Waals surface area contributed by atoms with Gasteiger partial charge in [-0.2, -0.15) is 0 Å². The fourth-order valence-corrected chi connectivity index (χ4v) is 3.62. The highest BCUT2D eigenvalue weighted by atomic mass is 35.5. The van der Waals surface area contributed by atoms with Gasteiger partial charge >= 0.3 is 11.9 Å². The molecule has 0 atom stereocenters. The third-order valence-electron chi connectivity index (χ3n) is 5.31. The SMILES string of the molecule is COc1cc(/C=C2\N=C(c3ccc(Cl)cc3)OC2=O)ccc1OC(=O)c1cc(OC)c(OC)c(OC)c1. The number of halogens is 1. The Morgan fingerprint density at radius 1 is 0.838 bits per heavy atom. The van der Waals surface area contributed by atoms with Crippen molar-refractivity contribution in [1.29, 1.82) is 0 Å². The fraction of sp³-hybridized carbons (Fsp3) is 0.148. The van der Waals surface area contributed by atoms with Gasteiger partial charge in [-0.1, -0.05) is 17.7 Å². The highest BCUT2D eigenvalue weighted by Gasteiger charge is 2.25. The van der Waals surface area contributed by atoms with Gasteiger partial charge in [0, 0.05) is 10.6 Å². The van der Waals surface area contributed by atoms with Crippen molar-refractivity contribution in [3.8, 4) is 28.7 Å². The lowest BCUT2D eigenvalue weighted by molar-refractivity contribution is -0.129. The largest absolute Gasteiger partial charge is 0.493 e. The molecule has 0 aromatic heterocycles. The molecule has 0 amide bonds. The Balaban J connectivity index is 1.58. The summed E-state index contributed by atoms with van der Waals surface area (Å²) < 4.78 is 32.1. The fourth-order valence-electron chi connectivity index (χ4n) is 3.50. The van der Waals surface area contributed by atoms with Gasteiger partial charge < -0.3 is 28.4 Å². The first-order chi connectivity index (χ1) is 17.9. The molecule has 0 saturated carbocycles. The van der Waals surface area contributed by atoms with Crippen molar-refractivity contribution < 1.29 is 38.0 Å². The standard InChI is InChI=1S/C27H22ClNO8/c1-32-21-12-15(11-19-27(31)37-25(29-19)16-6-8-18(28)9-7-16)5-10-20(21)36-26(30)17-13-22(33-2)24(35-4)23(14-17)34-3/h5-14H,1-4H3/b19-11-. The van der Waals surface area contributed by atoms with Crippen LogP contribution in [-0.4, -0.2) is 46.3 Å². The van der Waals surface area contributed by atoms with Gasteiger partial charge in [0.05, 0.1) is 34.0 Å². The highest BCUT2D eigenvalue weighted by Crippen LogP contribution is 2.39. The Hall–Kier alpha value is -4.50. The van der Waals surface area contributed by atoms with Crippen LogP contribution in [-0.2, 0) is 9.53 Å². The van der Waals surface area contributed by atoms with Crippen LogP contribution >= 0.6 is 11.6 Å². The average Bonchev–Trinajstić information content (AvgIpc) is 3.28. The maximum atomic E-state index is 12.9. The number of hydrogen-bond acceptors (Lipinski definition) is 9. The van der Waals surface area contributed by atoms with E-state index in [2.05, 4.69) is 4.99 Å². The van der Waals surface area contributed by atoms with Crippen LogP contribution in [0.25, 0.3) is 6.08 Å². The predicted molar refractivity (Wildman–Crippen MR) is 136 cm³/mol. The summed E-state index contributed by atoms with van der Waals surface area (Å²) in [7, 11) is 5.80. The Bertz CT molecular complexity index is 1390. The van der Waals surface area contributed by atoms with E-state index in [1.54, 1.807) is 48.5 Å². The zero-order chi connectivity index (χ0) is 26.5. The van der Waals surface area contributed by atoms with Crippen LogP contribution in [0.1, 0.15) is 21.5 Å². The third-order valence-corrected chi connectivity index (χ3v) is 5.56. The number of ether oxygens (including phenoxy) is 6. The number of benzene rings is 3. The number of aliphatic imine (C=N–C) groups is 1. The molecule has 3 aromatic rings. The van der Waals surface area contributed by atoms with Crippen LogP contribution < -0.4 is 23.7 Å². The molecule has 0 saturated heterocycles. The lowest BCUT2D eigenvalue weighted by atomic mass is 10.1. The molecule has 4 rings (SSSR count). The lowest BCUT2D eigenvalue weighted by Gasteiger charge is -2.14. The number of methoxy groups -OCH3 is 4. The molecule has 1 heterocycles. The van der Waals surface area contributed by atoms with E-state index in [4.69, 9.17) is 40.0 Å². The summed E-state index contributed by atoms with van der Waals surface area (Å²) in [5.74, 6) is 0.322. The lowest BCUT2D eigenvalue weighted by Crippen LogP contribution is -2.10. The van der Waals surface area contributed by atoms with E-state index < -0.39 is 11.9 Å². The molecule has 3 aromatic carbocycles. The van der Waals surface area contributed by atoms with Crippen molar-refractivity contribution in [2.24, 2.45) is 4.99 Å². The van der Waals surface area contributed by atoms with Crippen LogP contribution in [0.5, 0.6) is 28.7 Å². The maximum absolute atomic E-state index is 12.9. The molecule has 0 unspecified atom stereocenters. The molecule has 37 heavy (non-hydrogen) atoms. The molecule has 1 aliphatic heterocycles. The van der Waals surface area contributed by atoms with Crippen molar-refractivity contribution in [2.45, 2.75) is 0 Å². The number of nitrogens with zero attached hydrogens (tertiary/aromatic N) is 1. The predicted octanol–water partition coefficient (Wildman–Crippen LogP) is 4.94. The van der Waals surface area contributed by atoms with Crippen LogP contribution in [0.3, 0.4) is 0 Å². The monoisotopic (exact) mass is 523 g/mol. The van der Waals surface area contributed by atoms with E-state index in [0.717, 1.165) is 0 Å². The summed E-state index contributed by atoms with van der Waals surface area (Å²) in [4.78, 5) is 29.5. The summed E-state index contributed by atoms with van der Waals surface area (Å²) in [5.41, 5.74) is 1.49. The molecular formula is C27H22ClNO8. The van der Waals surface area contributed by atoms with E-state index in [1.807, 2.05) is 0 Å². The normalized spacial score (nSPS) is 13.6. The van der Waals surface area contributed by atoms with Crippen molar-refractivity contribution >= 4 is 35.5 Å². The number of carbonyl (C=O) groups excluding carboxylic acids is 2. The first kappa shape index (κ1) is 25.6. The minimum atomic E-state index is -0.666. The molecule has 10 heteroatoms. The van der Waals surface area contributed by atoms with E-state index in [-0.39, 0.29) is 28.7 Å². The zero-order valence-electron chi connectivity index (χ0n) is 20.4. The molecule has 1 aliphatic rings. The number of esters is 2. The number of rotatable bonds is 8. The van der Waals surface area contributed by atoms with Crippen LogP contribution in [0.2, 0.25) is 5.02 Å². The molecule has 190 valence electrons. The quantitative estimate of drug-likeness (QED) is 0.232. The van der Waals surface area contributed by atoms with Crippen molar-refractivity contribution in [3.05, 3.63) is 82.0 Å². The Morgan fingerprint density at radius 3 is 2.08 bits per heavy atom. The minimum absolute atomic E-state index is 0.106. The first-order valence-corrected chi connectivity index (χ1v) is 11.2. The molecule has 9 nitrogen and oxygen atoms in total. The van der Waals surface area contributed by atoms with E-state index >= 15 is 0 Å². The molecular weight excluding hydrogens is 502 g/mol. The van der Waals surface area contributed by atoms with Crippen LogP contribution in [0, 0.1) is 0 Å². The van der Waals surface area contributed by atoms with Gasteiger partial charge in [0.15, 0.2) is 28.7 Å². The van der Waals surface area contributed by atoms with Crippen LogP contribution in [0.4, 0.5) is 0 Å². The Labute approximate surface area is 217 Å². The Morgan fingerprint density at radius 2 is 1.49 bits per heavy atom. The Kier molecular flexibility index (Phi) is 7.64. The molecule has 0 fully saturated rings. The maximum Gasteiger partial charge on any atom is 0.363 e. The molecule has 0 spiro atoms. The smallest absolute Gasteiger partial charge is 0.363 e. The summed E-state index contributed by atoms with van der Waals surface area (Å²) in [6.07, 6.45) is 1.54. The molecule has 0 aliphatic carbocycles. The summed E-state index contributed by atoms with van der Waals surface area (Å²) in [5, 5.41) is 0.558. The van der Waals surface area contributed by atoms with Gasteiger partial charge in [0.2, 0.25) is 11.6 Å². The average molecular weight is 524 g/mol. The molecule has 0 radical (unpaired) electrons. The minimum Gasteiger partial charge on any atom is -0.493 e. The molecule has 0 N–H and O–H groups in total. The second kappa shape index (κ2) is 11.0. The van der Waals surface area contributed by atoms with E-state index in [9.17, 15) is 9.59 Å². The number of carbonyl (C=O) groups is 2. The summed E-state index contributed by atoms with van der Waals surface area (Å²) in [6.45, 7) is 0. The zero-order valence-corrected chi connectivity index (χ0v) is 21.1. The van der Waals surface area contributed by atoms with Crippen molar-refractivity contribution in [1.82, 2.24) is 0 Å². The topological polar surface area (TPSA) is 102 Å². The molecule has 0 bridgehead atoms. The van der Waals surface area contributed by atoms with Gasteiger partial charge in [-0.15, -0.1) is 0 Å². The van der Waals surface area contributed by atoms with E-state index in [1.165, 1.54) is 40.6 Å². The third kappa shape index (κ3) is 5.52. The van der Waals surface area contributed by atoms with Gasteiger partial charge in [0.25, 0.3) is 0 Å². The van der Waals surface area contributed by atoms with Gasteiger partial charge in [-0.3, -0.25) is 0 Å². The number of cyclic esters (lactones) is 1. The van der Waals surface area contributed by atoms with Crippen molar-refractivity contribution in [3.63, 3.8) is 0 Å². The van der Waals surface area contributed by atoms with E-state index in [0.29, 0.717) is 33.4 Å². The van der Waals surface area contributed by atoms with Crippen LogP contribution in [0.15, 0.2) is 65.3 Å². The van der Waals surface area contributed by atoms with Crippen molar-refractivity contribution in [2.75, 3.05) is 28.4 Å². The van der Waals surface area contributed by atoms with Gasteiger partial charge in [0.1, 0.15) is 0 Å².